The van der Waals surface area contributed by atoms with Crippen LogP contribution in [0.25, 0.3) is 0 Å². The lowest BCUT2D eigenvalue weighted by molar-refractivity contribution is 0.0472. The van der Waals surface area contributed by atoms with E-state index in [0.29, 0.717) is 13.1 Å². The Morgan fingerprint density at radius 3 is 3.06 bits per heavy atom. The van der Waals surface area contributed by atoms with E-state index in [4.69, 9.17) is 0 Å². The van der Waals surface area contributed by atoms with Crippen molar-refractivity contribution in [2.75, 3.05) is 13.1 Å². The van der Waals surface area contributed by atoms with Crippen molar-refractivity contribution in [1.29, 1.82) is 0 Å². The smallest absolute Gasteiger partial charge is 0.259 e. The summed E-state index contributed by atoms with van der Waals surface area (Å²) >= 11 is 0. The Labute approximate surface area is 92.7 Å². The summed E-state index contributed by atoms with van der Waals surface area (Å²) in [5.41, 5.74) is -0.152. The van der Waals surface area contributed by atoms with Gasteiger partial charge >= 0.3 is 0 Å². The number of likely N-dealkylation sites (tertiary alicyclic amines) is 1. The number of nitrogens with zero attached hydrogens (tertiary/aromatic N) is 1. The minimum absolute atomic E-state index is 0.136. The van der Waals surface area contributed by atoms with Crippen LogP contribution in [0.1, 0.15) is 23.2 Å². The Bertz CT molecular complexity index is 441. The monoisotopic (exact) mass is 222 g/mol. The van der Waals surface area contributed by atoms with E-state index < -0.39 is 6.10 Å². The number of pyridine rings is 1. The Balaban J connectivity index is 2.19. The second kappa shape index (κ2) is 4.49. The number of aromatic nitrogens is 1. The molecule has 1 fully saturated rings. The summed E-state index contributed by atoms with van der Waals surface area (Å²) in [5, 5.41) is 9.46. The number of hydrogen-bond donors (Lipinski definition) is 2. The SMILES string of the molecule is O=C(c1c[nH]ccc1=O)N1CCCC(O)C1. The second-order valence-electron chi connectivity index (χ2n) is 3.97. The molecular formula is C11H14N2O3. The summed E-state index contributed by atoms with van der Waals surface area (Å²) in [4.78, 5) is 27.7. The molecule has 1 aliphatic rings. The van der Waals surface area contributed by atoms with Gasteiger partial charge in [0.15, 0.2) is 5.43 Å². The fourth-order valence-corrected chi connectivity index (χ4v) is 1.89. The van der Waals surface area contributed by atoms with Crippen LogP contribution in [0.3, 0.4) is 0 Å². The lowest BCUT2D eigenvalue weighted by Gasteiger charge is -2.29. The summed E-state index contributed by atoms with van der Waals surface area (Å²) < 4.78 is 0. The van der Waals surface area contributed by atoms with Crippen molar-refractivity contribution < 1.29 is 9.90 Å². The van der Waals surface area contributed by atoms with Crippen LogP contribution < -0.4 is 5.43 Å². The number of amides is 1. The standard InChI is InChI=1S/C11H14N2O3/c14-8-2-1-5-13(7-8)11(16)9-6-12-4-3-10(9)15/h3-4,6,8,14H,1-2,5,7H2,(H,12,15). The number of hydrogen-bond acceptors (Lipinski definition) is 3. The quantitative estimate of drug-likeness (QED) is 0.701. The molecule has 1 aromatic heterocycles. The predicted molar refractivity (Wildman–Crippen MR) is 58.2 cm³/mol. The minimum atomic E-state index is -0.472. The van der Waals surface area contributed by atoms with Gasteiger partial charge in [-0.1, -0.05) is 0 Å². The maximum absolute atomic E-state index is 12.0. The summed E-state index contributed by atoms with van der Waals surface area (Å²) in [6.07, 6.45) is 3.92. The molecule has 1 amide bonds. The number of β-amino-alcohol motifs (C(OH)–C–C–N with tert-alkyl or cyclic N) is 1. The zero-order chi connectivity index (χ0) is 11.5. The van der Waals surface area contributed by atoms with Gasteiger partial charge in [0.2, 0.25) is 0 Å². The van der Waals surface area contributed by atoms with E-state index >= 15 is 0 Å². The van der Waals surface area contributed by atoms with Crippen molar-refractivity contribution in [2.24, 2.45) is 0 Å². The van der Waals surface area contributed by atoms with Crippen LogP contribution in [0, 0.1) is 0 Å². The number of nitrogens with one attached hydrogen (secondary N) is 1. The average Bonchev–Trinajstić information content (AvgIpc) is 2.29. The van der Waals surface area contributed by atoms with Crippen LogP contribution in [-0.4, -0.2) is 40.1 Å². The molecule has 1 saturated heterocycles. The van der Waals surface area contributed by atoms with E-state index in [9.17, 15) is 14.7 Å². The van der Waals surface area contributed by atoms with E-state index in [2.05, 4.69) is 4.98 Å². The van der Waals surface area contributed by atoms with E-state index in [1.807, 2.05) is 0 Å². The van der Waals surface area contributed by atoms with Gasteiger partial charge in [-0.05, 0) is 12.8 Å². The van der Waals surface area contributed by atoms with Gasteiger partial charge in [0.1, 0.15) is 5.56 Å². The van der Waals surface area contributed by atoms with E-state index in [1.165, 1.54) is 23.4 Å². The molecule has 0 radical (unpaired) electrons. The third kappa shape index (κ3) is 2.14. The molecule has 5 heteroatoms. The highest BCUT2D eigenvalue weighted by Gasteiger charge is 2.24. The van der Waals surface area contributed by atoms with E-state index in [0.717, 1.165) is 12.8 Å². The third-order valence-corrected chi connectivity index (χ3v) is 2.74. The maximum atomic E-state index is 12.0. The maximum Gasteiger partial charge on any atom is 0.259 e. The van der Waals surface area contributed by atoms with Gasteiger partial charge in [-0.15, -0.1) is 0 Å². The molecular weight excluding hydrogens is 208 g/mol. The van der Waals surface area contributed by atoms with Crippen LogP contribution >= 0.6 is 0 Å². The van der Waals surface area contributed by atoms with Gasteiger partial charge in [-0.2, -0.15) is 0 Å². The Kier molecular flexibility index (Phi) is 3.05. The molecule has 1 unspecified atom stereocenters. The number of H-pyrrole nitrogens is 1. The normalized spacial score (nSPS) is 20.8. The summed E-state index contributed by atoms with van der Waals surface area (Å²) in [6.45, 7) is 0.914. The molecule has 0 saturated carbocycles. The zero-order valence-corrected chi connectivity index (χ0v) is 8.85. The number of piperidine rings is 1. The number of aliphatic hydroxyl groups excluding tert-OH is 1. The van der Waals surface area contributed by atoms with Crippen molar-refractivity contribution in [2.45, 2.75) is 18.9 Å². The average molecular weight is 222 g/mol. The first kappa shape index (κ1) is 10.9. The zero-order valence-electron chi connectivity index (χ0n) is 8.85. The van der Waals surface area contributed by atoms with Crippen LogP contribution in [-0.2, 0) is 0 Å². The van der Waals surface area contributed by atoms with Crippen LogP contribution in [0.4, 0.5) is 0 Å². The first-order valence-corrected chi connectivity index (χ1v) is 5.33. The first-order valence-electron chi connectivity index (χ1n) is 5.33. The number of carbonyl (C=O) groups excluding carboxylic acids is 1. The highest BCUT2D eigenvalue weighted by atomic mass is 16.3. The van der Waals surface area contributed by atoms with Gasteiger partial charge in [0.05, 0.1) is 6.10 Å². The Morgan fingerprint density at radius 2 is 2.38 bits per heavy atom. The number of aromatic amines is 1. The number of aliphatic hydroxyl groups is 1. The van der Waals surface area contributed by atoms with Crippen molar-refractivity contribution >= 4 is 5.91 Å². The summed E-state index contributed by atoms with van der Waals surface area (Å²) in [7, 11) is 0. The van der Waals surface area contributed by atoms with Gasteiger partial charge < -0.3 is 15.0 Å². The molecule has 1 aliphatic heterocycles. The fourth-order valence-electron chi connectivity index (χ4n) is 1.89. The van der Waals surface area contributed by atoms with Crippen molar-refractivity contribution in [3.63, 3.8) is 0 Å². The Hall–Kier alpha value is -1.62. The van der Waals surface area contributed by atoms with Gasteiger partial charge in [-0.3, -0.25) is 9.59 Å². The molecule has 2 N–H and O–H groups in total. The topological polar surface area (TPSA) is 73.4 Å². The molecule has 5 nitrogen and oxygen atoms in total. The largest absolute Gasteiger partial charge is 0.391 e. The minimum Gasteiger partial charge on any atom is -0.391 e. The fraction of sp³-hybridized carbons (Fsp3) is 0.455. The van der Waals surface area contributed by atoms with Crippen molar-refractivity contribution in [3.8, 4) is 0 Å². The third-order valence-electron chi connectivity index (χ3n) is 2.74. The first-order chi connectivity index (χ1) is 7.68. The lowest BCUT2D eigenvalue weighted by atomic mass is 10.1. The molecule has 2 heterocycles. The molecule has 1 aromatic rings. The summed E-state index contributed by atoms with van der Waals surface area (Å²) in [5.74, 6) is -0.305. The van der Waals surface area contributed by atoms with E-state index in [1.54, 1.807) is 0 Å². The molecule has 0 bridgehead atoms. The Morgan fingerprint density at radius 1 is 1.56 bits per heavy atom. The molecule has 86 valence electrons. The second-order valence-corrected chi connectivity index (χ2v) is 3.97. The van der Waals surface area contributed by atoms with E-state index in [-0.39, 0.29) is 16.9 Å². The molecule has 2 rings (SSSR count). The lowest BCUT2D eigenvalue weighted by Crippen LogP contribution is -2.43. The summed E-state index contributed by atoms with van der Waals surface area (Å²) in [6, 6.07) is 1.33. The van der Waals surface area contributed by atoms with Crippen LogP contribution in [0.15, 0.2) is 23.3 Å². The van der Waals surface area contributed by atoms with Crippen LogP contribution in [0.5, 0.6) is 0 Å². The van der Waals surface area contributed by atoms with Crippen LogP contribution in [0.2, 0.25) is 0 Å². The van der Waals surface area contributed by atoms with Gasteiger partial charge in [0.25, 0.3) is 5.91 Å². The highest BCUT2D eigenvalue weighted by molar-refractivity contribution is 5.93. The molecule has 16 heavy (non-hydrogen) atoms. The molecule has 0 spiro atoms. The number of rotatable bonds is 1. The highest BCUT2D eigenvalue weighted by Crippen LogP contribution is 2.11. The molecule has 0 aliphatic carbocycles. The predicted octanol–water partition coefficient (Wildman–Crippen LogP) is -0.0282. The molecule has 1 atom stereocenters. The molecule has 0 aromatic carbocycles. The van der Waals surface area contributed by atoms with Crippen molar-refractivity contribution in [3.05, 3.63) is 34.2 Å². The van der Waals surface area contributed by atoms with Gasteiger partial charge in [-0.25, -0.2) is 0 Å². The van der Waals surface area contributed by atoms with Gasteiger partial charge in [0, 0.05) is 31.5 Å². The number of carbonyl (C=O) groups is 1. The van der Waals surface area contributed by atoms with Crippen molar-refractivity contribution in [1.82, 2.24) is 9.88 Å².